The normalized spacial score (nSPS) is 20.3. The third-order valence-corrected chi connectivity index (χ3v) is 15.9. The molecule has 5 aliphatic rings. The minimum Gasteiger partial charge on any atom is -0.453 e. The van der Waals surface area contributed by atoms with Gasteiger partial charge in [-0.25, -0.2) is 18.6 Å². The number of halogens is 2. The monoisotopic (exact) mass is 1010 g/mol. The minimum atomic E-state index is -4.02. The quantitative estimate of drug-likeness (QED) is 0.155. The molecule has 5 fully saturated rings. The number of carbonyl (C=O) groups is 3. The molecule has 1 spiro atoms. The maximum absolute atomic E-state index is 15.7. The zero-order chi connectivity index (χ0) is 51.1. The fraction of sp³-hybridized carbons (Fsp3) is 0.490. The summed E-state index contributed by atoms with van der Waals surface area (Å²) in [5, 5.41) is 29.0. The van der Waals surface area contributed by atoms with E-state index in [4.69, 9.17) is 9.47 Å². The summed E-state index contributed by atoms with van der Waals surface area (Å²) in [4.78, 5) is 61.3. The number of piperidine rings is 3. The summed E-state index contributed by atoms with van der Waals surface area (Å²) >= 11 is 0. The van der Waals surface area contributed by atoms with Crippen LogP contribution < -0.4 is 30.1 Å². The van der Waals surface area contributed by atoms with Gasteiger partial charge in [-0.1, -0.05) is 20.3 Å². The molecule has 23 heteroatoms. The van der Waals surface area contributed by atoms with E-state index in [2.05, 4.69) is 20.1 Å². The van der Waals surface area contributed by atoms with Crippen molar-refractivity contribution in [1.29, 1.82) is 5.26 Å². The van der Waals surface area contributed by atoms with Gasteiger partial charge in [-0.15, -0.1) is 0 Å². The molecule has 3 N–H and O–H groups in total. The van der Waals surface area contributed by atoms with E-state index in [1.54, 1.807) is 22.7 Å². The Balaban J connectivity index is 0.00000316. The molecule has 0 aliphatic carbocycles. The molecule has 1 atom stereocenters. The molecular weight excluding hydrogens is 957 g/mol. The fourth-order valence-electron chi connectivity index (χ4n) is 10.4. The summed E-state index contributed by atoms with van der Waals surface area (Å²) in [7, 11) is -2.33. The number of urea groups is 1. The number of amides is 4. The van der Waals surface area contributed by atoms with Crippen LogP contribution in [0.3, 0.4) is 0 Å². The first-order valence-corrected chi connectivity index (χ1v) is 25.8. The molecule has 0 radical (unpaired) electrons. The van der Waals surface area contributed by atoms with Crippen LogP contribution in [0.5, 0.6) is 11.5 Å². The molecule has 0 unspecified atom stereocenters. The molecule has 72 heavy (non-hydrogen) atoms. The van der Waals surface area contributed by atoms with Crippen LogP contribution in [0.25, 0.3) is 21.8 Å². The molecule has 2 aromatic heterocycles. The van der Waals surface area contributed by atoms with Gasteiger partial charge in [0.25, 0.3) is 5.56 Å². The van der Waals surface area contributed by atoms with Crippen molar-refractivity contribution in [1.82, 2.24) is 33.9 Å². The van der Waals surface area contributed by atoms with E-state index >= 15 is 8.78 Å². The maximum atomic E-state index is 15.7. The number of anilines is 3. The highest BCUT2D eigenvalue weighted by molar-refractivity contribution is 7.90. The van der Waals surface area contributed by atoms with Gasteiger partial charge in [-0.05, 0) is 87.4 Å². The predicted molar refractivity (Wildman–Crippen MR) is 262 cm³/mol. The first-order chi connectivity index (χ1) is 34.5. The van der Waals surface area contributed by atoms with Crippen molar-refractivity contribution in [2.45, 2.75) is 95.3 Å². The van der Waals surface area contributed by atoms with E-state index in [0.29, 0.717) is 93.5 Å². The van der Waals surface area contributed by atoms with Gasteiger partial charge in [0.15, 0.2) is 17.4 Å². The number of hydrogen-bond donors (Lipinski definition) is 3. The Bertz CT molecular complexity index is 3160. The van der Waals surface area contributed by atoms with Crippen molar-refractivity contribution >= 4 is 67.1 Å². The number of nitrogens with zero attached hydrogens (tertiary/aromatic N) is 9. The van der Waals surface area contributed by atoms with E-state index < -0.39 is 50.4 Å². The lowest BCUT2D eigenvalue weighted by atomic mass is 9.85. The van der Waals surface area contributed by atoms with Gasteiger partial charge < -0.3 is 24.4 Å². The Hall–Kier alpha value is -6.74. The van der Waals surface area contributed by atoms with Crippen LogP contribution in [0.1, 0.15) is 89.7 Å². The van der Waals surface area contributed by atoms with Gasteiger partial charge in [0, 0.05) is 64.7 Å². The smallest absolute Gasteiger partial charge is 0.329 e. The first kappa shape index (κ1) is 50.2. The molecule has 3 aromatic carbocycles. The number of nitriles is 1. The number of benzene rings is 3. The summed E-state index contributed by atoms with van der Waals surface area (Å²) < 4.78 is 76.2. The van der Waals surface area contributed by atoms with E-state index in [9.17, 15) is 38.0 Å². The molecule has 4 amide bonds. The molecule has 0 bridgehead atoms. The lowest BCUT2D eigenvalue weighted by Crippen LogP contribution is -2.51. The lowest BCUT2D eigenvalue weighted by Gasteiger charge is -2.42. The number of aromatic nitrogens is 4. The van der Waals surface area contributed by atoms with Gasteiger partial charge in [0.05, 0.1) is 64.4 Å². The third kappa shape index (κ3) is 9.79. The largest absolute Gasteiger partial charge is 0.453 e. The van der Waals surface area contributed by atoms with Crippen LogP contribution in [-0.2, 0) is 31.6 Å². The molecule has 5 aromatic rings. The third-order valence-electron chi connectivity index (χ3n) is 14.4. The lowest BCUT2D eigenvalue weighted by molar-refractivity contribution is -0.142. The second kappa shape index (κ2) is 20.0. The fourth-order valence-corrected chi connectivity index (χ4v) is 11.7. The zero-order valence-electron chi connectivity index (χ0n) is 40.3. The van der Waals surface area contributed by atoms with Crippen molar-refractivity contribution in [2.75, 3.05) is 66.9 Å². The Morgan fingerprint density at radius 1 is 0.958 bits per heavy atom. The van der Waals surface area contributed by atoms with E-state index in [1.165, 1.54) is 50.4 Å². The number of nitrogens with one attached hydrogen (secondary N) is 2. The van der Waals surface area contributed by atoms with Crippen molar-refractivity contribution < 1.29 is 46.2 Å². The van der Waals surface area contributed by atoms with E-state index in [-0.39, 0.29) is 84.9 Å². The van der Waals surface area contributed by atoms with Crippen molar-refractivity contribution in [3.63, 3.8) is 0 Å². The maximum Gasteiger partial charge on any atom is 0.329 e. The van der Waals surface area contributed by atoms with Gasteiger partial charge >= 0.3 is 16.2 Å². The molecule has 7 heterocycles. The van der Waals surface area contributed by atoms with Crippen LogP contribution in [0, 0.1) is 23.0 Å². The molecule has 0 saturated carbocycles. The highest BCUT2D eigenvalue weighted by Crippen LogP contribution is 2.42. The Kier molecular flexibility index (Phi) is 14.0. The number of aryl methyl sites for hydroxylation is 1. The Labute approximate surface area is 414 Å². The number of aliphatic hydroxyl groups is 1. The number of carbonyl (C=O) groups excluding carboxylic acids is 3. The summed E-state index contributed by atoms with van der Waals surface area (Å²) in [6.45, 7) is 6.35. The molecule has 382 valence electrons. The van der Waals surface area contributed by atoms with Crippen LogP contribution in [0.2, 0.25) is 0 Å². The van der Waals surface area contributed by atoms with E-state index in [0.717, 1.165) is 12.5 Å². The van der Waals surface area contributed by atoms with Gasteiger partial charge in [-0.3, -0.25) is 38.6 Å². The van der Waals surface area contributed by atoms with Crippen LogP contribution in [0.15, 0.2) is 53.6 Å². The molecule has 5 saturated heterocycles. The summed E-state index contributed by atoms with van der Waals surface area (Å²) in [6.07, 6.45) is 5.73. The molecular formula is C49H57F2N11O9S. The van der Waals surface area contributed by atoms with Gasteiger partial charge in [-0.2, -0.15) is 23.1 Å². The Morgan fingerprint density at radius 3 is 2.40 bits per heavy atom. The second-order valence-corrected chi connectivity index (χ2v) is 20.5. The number of ether oxygens (including phenoxy) is 2. The minimum absolute atomic E-state index is 0.0283. The summed E-state index contributed by atoms with van der Waals surface area (Å²) in [5.74, 6) is -2.24. The first-order valence-electron chi connectivity index (χ1n) is 24.4. The number of fused-ring (bicyclic) bond motifs is 2. The van der Waals surface area contributed by atoms with Crippen LogP contribution in [0.4, 0.5) is 30.8 Å². The number of imide groups is 1. The molecule has 5 aliphatic heterocycles. The number of likely N-dealkylation sites (tertiary alicyclic amines) is 1. The number of rotatable bonds is 10. The molecule has 20 nitrogen and oxygen atoms in total. The molecule has 10 rings (SSSR count). The van der Waals surface area contributed by atoms with Crippen molar-refractivity contribution in [3.8, 4) is 17.6 Å². The van der Waals surface area contributed by atoms with Crippen molar-refractivity contribution in [3.05, 3.63) is 76.3 Å². The van der Waals surface area contributed by atoms with Gasteiger partial charge in [0.2, 0.25) is 11.8 Å². The number of hydrogen-bond acceptors (Lipinski definition) is 13. The van der Waals surface area contributed by atoms with Gasteiger partial charge in [0.1, 0.15) is 23.2 Å². The zero-order valence-corrected chi connectivity index (χ0v) is 41.1. The average Bonchev–Trinajstić information content (AvgIpc) is 3.92. The van der Waals surface area contributed by atoms with E-state index in [1.807, 2.05) is 24.8 Å². The average molecular weight is 1010 g/mol. The second-order valence-electron chi connectivity index (χ2n) is 18.9. The van der Waals surface area contributed by atoms with Crippen LogP contribution >= 0.6 is 0 Å². The van der Waals surface area contributed by atoms with Crippen molar-refractivity contribution in [2.24, 2.45) is 7.05 Å². The highest BCUT2D eigenvalue weighted by atomic mass is 32.2. The summed E-state index contributed by atoms with van der Waals surface area (Å²) in [6, 6.07) is 10.4. The Morgan fingerprint density at radius 2 is 1.69 bits per heavy atom. The standard InChI is InChI=1S/C47H51F2N11O9S.C2H6/c1-55-38-23-39(35(49)22-32(38)43(53-55)59-16-9-40(61)52-45(59)64)56-17-10-46(65,11-18-56)25-41(62)57-19-12-47(13-20-57)24-29(27-68-47)60-28-51-36-7-5-30(21-31(36)44(60)63)69-42-33(26-50)37(8-6-34(42)48)54-70(66,67)58-14-3-2-4-15-58;1-2/h5-8,21-23,28-29,54,65H,2-4,9-20,24-25,27H2,1H3,(H,52,61,64);1-2H3/t29-;/m1./s1. The predicted octanol–water partition coefficient (Wildman–Crippen LogP) is 5.58. The highest BCUT2D eigenvalue weighted by Gasteiger charge is 2.45. The topological polar surface area (TPSA) is 238 Å². The summed E-state index contributed by atoms with van der Waals surface area (Å²) in [5.41, 5.74) is -1.55. The SMILES string of the molecule is CC.Cn1nc(N2CCC(=O)NC2=O)c2cc(F)c(N3CCC(O)(CC(=O)N4CCC5(CC4)C[C@@H](n4cnc6ccc(Oc7c(F)ccc(NS(=O)(=O)N8CCCCC8)c7C#N)cc6c4=O)CO5)CC3)cc21. The van der Waals surface area contributed by atoms with Crippen LogP contribution in [-0.4, -0.2) is 124 Å².